The van der Waals surface area contributed by atoms with E-state index in [4.69, 9.17) is 5.84 Å². The molecule has 0 unspecified atom stereocenters. The number of hydrogen-bond acceptors (Lipinski definition) is 4. The second kappa shape index (κ2) is 3.43. The Balaban J connectivity index is 2.74. The van der Waals surface area contributed by atoms with E-state index in [0.29, 0.717) is 10.1 Å². The Morgan fingerprint density at radius 2 is 2.55 bits per heavy atom. The summed E-state index contributed by atoms with van der Waals surface area (Å²) < 4.78 is 0. The Bertz CT molecular complexity index is 234. The first kappa shape index (κ1) is 8.13. The summed E-state index contributed by atoms with van der Waals surface area (Å²) in [6.45, 7) is 1.97. The van der Waals surface area contributed by atoms with E-state index in [9.17, 15) is 4.79 Å². The van der Waals surface area contributed by atoms with E-state index in [1.807, 2.05) is 13.0 Å². The Kier molecular flexibility index (Phi) is 2.53. The van der Waals surface area contributed by atoms with Gasteiger partial charge in [0.2, 0.25) is 0 Å². The van der Waals surface area contributed by atoms with Gasteiger partial charge in [-0.25, -0.2) is 0 Å². The first-order chi connectivity index (χ1) is 5.27. The number of nitrogens with one attached hydrogen (secondary N) is 1. The molecule has 1 fully saturated rings. The van der Waals surface area contributed by atoms with Gasteiger partial charge in [-0.1, -0.05) is 13.0 Å². The van der Waals surface area contributed by atoms with Gasteiger partial charge < -0.3 is 5.84 Å². The number of carbonyl (C=O) groups is 1. The van der Waals surface area contributed by atoms with E-state index in [2.05, 4.69) is 10.4 Å². The van der Waals surface area contributed by atoms with Crippen molar-refractivity contribution in [3.63, 3.8) is 0 Å². The fourth-order valence-corrected chi connectivity index (χ4v) is 1.51. The number of hydrogen-bond donors (Lipinski definition) is 2. The van der Waals surface area contributed by atoms with Gasteiger partial charge in [0, 0.05) is 0 Å². The van der Waals surface area contributed by atoms with Gasteiger partial charge in [0.15, 0.2) is 5.17 Å². The van der Waals surface area contributed by atoms with Crippen molar-refractivity contribution >= 4 is 22.8 Å². The third kappa shape index (κ3) is 1.74. The van der Waals surface area contributed by atoms with Crippen LogP contribution in [0.4, 0.5) is 0 Å². The smallest absolute Gasteiger partial charge is 0.263 e. The second-order valence-electron chi connectivity index (χ2n) is 1.97. The Morgan fingerprint density at radius 3 is 3.00 bits per heavy atom. The van der Waals surface area contributed by atoms with Crippen LogP contribution in [0.5, 0.6) is 0 Å². The van der Waals surface area contributed by atoms with Crippen LogP contribution >= 0.6 is 11.8 Å². The van der Waals surface area contributed by atoms with Crippen LogP contribution in [0.15, 0.2) is 16.1 Å². The zero-order valence-corrected chi connectivity index (χ0v) is 6.94. The molecule has 11 heavy (non-hydrogen) atoms. The molecule has 0 atom stereocenters. The SMILES string of the molecule is CCC=C1SC(=NN)NC1=O. The van der Waals surface area contributed by atoms with Crippen LogP contribution in [0.2, 0.25) is 0 Å². The maximum Gasteiger partial charge on any atom is 0.263 e. The molecule has 3 N–H and O–H groups in total. The lowest BCUT2D eigenvalue weighted by molar-refractivity contribution is -0.115. The molecule has 0 spiro atoms. The number of amidine groups is 1. The van der Waals surface area contributed by atoms with Crippen LogP contribution in [0.1, 0.15) is 13.3 Å². The summed E-state index contributed by atoms with van der Waals surface area (Å²) in [5, 5.41) is 6.36. The minimum Gasteiger partial charge on any atom is -0.321 e. The number of nitrogens with two attached hydrogens (primary N) is 1. The fraction of sp³-hybridized carbons (Fsp3) is 0.333. The highest BCUT2D eigenvalue weighted by atomic mass is 32.2. The lowest BCUT2D eigenvalue weighted by Crippen LogP contribution is -2.20. The Morgan fingerprint density at radius 1 is 1.82 bits per heavy atom. The summed E-state index contributed by atoms with van der Waals surface area (Å²) in [6, 6.07) is 0. The molecule has 4 nitrogen and oxygen atoms in total. The number of carbonyl (C=O) groups excluding carboxylic acids is 1. The zero-order chi connectivity index (χ0) is 8.27. The van der Waals surface area contributed by atoms with Crippen LogP contribution in [-0.2, 0) is 4.79 Å². The van der Waals surface area contributed by atoms with Gasteiger partial charge in [0.1, 0.15) is 0 Å². The van der Waals surface area contributed by atoms with Crippen molar-refractivity contribution in [2.75, 3.05) is 0 Å². The van der Waals surface area contributed by atoms with Gasteiger partial charge in [-0.3, -0.25) is 10.1 Å². The first-order valence-electron chi connectivity index (χ1n) is 3.25. The average molecular weight is 171 g/mol. The van der Waals surface area contributed by atoms with Crippen molar-refractivity contribution in [2.24, 2.45) is 10.9 Å². The van der Waals surface area contributed by atoms with Gasteiger partial charge >= 0.3 is 0 Å². The highest BCUT2D eigenvalue weighted by Crippen LogP contribution is 2.22. The van der Waals surface area contributed by atoms with Gasteiger partial charge in [-0.05, 0) is 18.2 Å². The molecule has 0 bridgehead atoms. The number of hydrazone groups is 1. The number of allylic oxidation sites excluding steroid dienone is 1. The highest BCUT2D eigenvalue weighted by Gasteiger charge is 2.22. The average Bonchev–Trinajstić information content (AvgIpc) is 2.33. The van der Waals surface area contributed by atoms with Crippen LogP contribution in [0.25, 0.3) is 0 Å². The predicted octanol–water partition coefficient (Wildman–Crippen LogP) is 0.373. The van der Waals surface area contributed by atoms with E-state index >= 15 is 0 Å². The van der Waals surface area contributed by atoms with Crippen molar-refractivity contribution < 1.29 is 4.79 Å². The summed E-state index contributed by atoms with van der Waals surface area (Å²) in [6.07, 6.45) is 2.69. The van der Waals surface area contributed by atoms with Gasteiger partial charge in [-0.15, -0.1) is 0 Å². The number of rotatable bonds is 1. The third-order valence-corrected chi connectivity index (χ3v) is 2.13. The minimum absolute atomic E-state index is 0.110. The summed E-state index contributed by atoms with van der Waals surface area (Å²) in [5.41, 5.74) is 0. The topological polar surface area (TPSA) is 67.5 Å². The largest absolute Gasteiger partial charge is 0.321 e. The quantitative estimate of drug-likeness (QED) is 0.340. The van der Waals surface area contributed by atoms with Gasteiger partial charge in [0.05, 0.1) is 4.91 Å². The lowest BCUT2D eigenvalue weighted by atomic mass is 10.4. The van der Waals surface area contributed by atoms with E-state index in [-0.39, 0.29) is 5.91 Å². The van der Waals surface area contributed by atoms with Crippen LogP contribution in [0, 0.1) is 0 Å². The summed E-state index contributed by atoms with van der Waals surface area (Å²) in [4.78, 5) is 11.7. The van der Waals surface area contributed by atoms with Gasteiger partial charge in [-0.2, -0.15) is 5.10 Å². The minimum atomic E-state index is -0.110. The maximum absolute atomic E-state index is 11.0. The summed E-state index contributed by atoms with van der Waals surface area (Å²) in [7, 11) is 0. The molecule has 1 amide bonds. The van der Waals surface area contributed by atoms with Crippen molar-refractivity contribution in [3.05, 3.63) is 11.0 Å². The monoisotopic (exact) mass is 171 g/mol. The molecule has 0 aromatic carbocycles. The molecule has 0 saturated carbocycles. The molecule has 5 heteroatoms. The van der Waals surface area contributed by atoms with Crippen molar-refractivity contribution in [2.45, 2.75) is 13.3 Å². The molecule has 1 aliphatic rings. The molecule has 0 radical (unpaired) electrons. The first-order valence-corrected chi connectivity index (χ1v) is 4.06. The Hall–Kier alpha value is -0.970. The number of thioether (sulfide) groups is 1. The van der Waals surface area contributed by atoms with E-state index in [0.717, 1.165) is 6.42 Å². The van der Waals surface area contributed by atoms with Crippen molar-refractivity contribution in [3.8, 4) is 0 Å². The molecule has 1 heterocycles. The zero-order valence-electron chi connectivity index (χ0n) is 6.13. The second-order valence-corrected chi connectivity index (χ2v) is 3.00. The maximum atomic E-state index is 11.0. The number of nitrogens with zero attached hydrogens (tertiary/aromatic N) is 1. The van der Waals surface area contributed by atoms with E-state index in [1.165, 1.54) is 11.8 Å². The third-order valence-electron chi connectivity index (χ3n) is 1.16. The summed E-state index contributed by atoms with van der Waals surface area (Å²) >= 11 is 1.27. The highest BCUT2D eigenvalue weighted by molar-refractivity contribution is 8.18. The van der Waals surface area contributed by atoms with Crippen LogP contribution in [0.3, 0.4) is 0 Å². The fourth-order valence-electron chi connectivity index (χ4n) is 0.713. The van der Waals surface area contributed by atoms with Gasteiger partial charge in [0.25, 0.3) is 5.91 Å². The van der Waals surface area contributed by atoms with Crippen molar-refractivity contribution in [1.29, 1.82) is 0 Å². The van der Waals surface area contributed by atoms with E-state index in [1.54, 1.807) is 0 Å². The molecule has 1 saturated heterocycles. The Labute approximate surface area is 68.9 Å². The van der Waals surface area contributed by atoms with Crippen LogP contribution < -0.4 is 11.2 Å². The number of amides is 1. The van der Waals surface area contributed by atoms with Crippen LogP contribution in [-0.4, -0.2) is 11.1 Å². The van der Waals surface area contributed by atoms with E-state index < -0.39 is 0 Å². The predicted molar refractivity (Wildman–Crippen MR) is 45.7 cm³/mol. The standard InChI is InChI=1S/C6H9N3OS/c1-2-3-4-5(10)8-6(9-7)11-4/h3H,2,7H2,1H3,(H,8,9,10). The normalized spacial score (nSPS) is 24.6. The molecule has 1 rings (SSSR count). The van der Waals surface area contributed by atoms with Crippen molar-refractivity contribution in [1.82, 2.24) is 5.32 Å². The lowest BCUT2D eigenvalue weighted by Gasteiger charge is -1.85. The molecule has 0 aliphatic carbocycles. The molecule has 0 aromatic heterocycles. The molecular formula is C6H9N3OS. The molecular weight excluding hydrogens is 162 g/mol. The summed E-state index contributed by atoms with van der Waals surface area (Å²) in [5.74, 6) is 4.87. The molecule has 0 aromatic rings. The molecule has 1 aliphatic heterocycles. The molecule has 60 valence electrons.